The number of anilines is 1. The number of ether oxygens (including phenoxy) is 2. The average molecular weight is 515 g/mol. The highest BCUT2D eigenvalue weighted by Crippen LogP contribution is 2.36. The van der Waals surface area contributed by atoms with Gasteiger partial charge in [-0.15, -0.1) is 0 Å². The van der Waals surface area contributed by atoms with Gasteiger partial charge in [-0.25, -0.2) is 4.68 Å². The summed E-state index contributed by atoms with van der Waals surface area (Å²) in [5, 5.41) is 14.9. The molecule has 0 bridgehead atoms. The molecule has 0 unspecified atom stereocenters. The van der Waals surface area contributed by atoms with Crippen molar-refractivity contribution in [2.45, 2.75) is 57.5 Å². The van der Waals surface area contributed by atoms with Crippen molar-refractivity contribution in [3.8, 4) is 5.75 Å². The summed E-state index contributed by atoms with van der Waals surface area (Å²) in [4.78, 5) is 24.6. The average Bonchev–Trinajstić information content (AvgIpc) is 3.23. The summed E-state index contributed by atoms with van der Waals surface area (Å²) in [5.74, 6) is 0.242. The highest BCUT2D eigenvalue weighted by Gasteiger charge is 2.41. The molecule has 0 saturated carbocycles. The molecule has 192 valence electrons. The van der Waals surface area contributed by atoms with Gasteiger partial charge >= 0.3 is 6.18 Å². The lowest BCUT2D eigenvalue weighted by molar-refractivity contribution is -0.384. The first-order valence-corrected chi connectivity index (χ1v) is 15.0. The van der Waals surface area contributed by atoms with Crippen molar-refractivity contribution in [1.82, 2.24) is 9.78 Å². The normalized spacial score (nSPS) is 16.5. The number of nitro benzene ring substituents is 1. The van der Waals surface area contributed by atoms with Gasteiger partial charge in [-0.05, 0) is 25.0 Å². The summed E-state index contributed by atoms with van der Waals surface area (Å²) in [6, 6.07) is 5.94. The van der Waals surface area contributed by atoms with Gasteiger partial charge in [0.2, 0.25) is 0 Å². The number of halogens is 3. The lowest BCUT2D eigenvalue weighted by Gasteiger charge is -2.29. The van der Waals surface area contributed by atoms with Crippen LogP contribution in [-0.4, -0.2) is 48.6 Å². The molecule has 0 amide bonds. The van der Waals surface area contributed by atoms with Gasteiger partial charge in [0.25, 0.3) is 11.2 Å². The quantitative estimate of drug-likeness (QED) is 0.199. The second kappa shape index (κ2) is 10.8. The Balaban J connectivity index is 1.79. The fourth-order valence-corrected chi connectivity index (χ4v) is 4.55. The zero-order valence-electron chi connectivity index (χ0n) is 19.9. The van der Waals surface area contributed by atoms with Crippen LogP contribution in [0.2, 0.25) is 25.7 Å². The van der Waals surface area contributed by atoms with Crippen molar-refractivity contribution in [2.75, 3.05) is 24.7 Å². The lowest BCUT2D eigenvalue weighted by Crippen LogP contribution is -2.40. The van der Waals surface area contributed by atoms with E-state index >= 15 is 0 Å². The van der Waals surface area contributed by atoms with Crippen molar-refractivity contribution >= 4 is 19.4 Å². The number of nitrogens with zero attached hydrogens (tertiary/aromatic N) is 4. The van der Waals surface area contributed by atoms with Crippen molar-refractivity contribution in [3.05, 3.63) is 56.5 Å². The third-order valence-electron chi connectivity index (χ3n) is 5.67. The predicted molar refractivity (Wildman–Crippen MR) is 127 cm³/mol. The van der Waals surface area contributed by atoms with E-state index < -0.39 is 36.3 Å². The van der Waals surface area contributed by atoms with E-state index in [0.29, 0.717) is 30.7 Å². The van der Waals surface area contributed by atoms with Gasteiger partial charge in [0.1, 0.15) is 24.7 Å². The first-order chi connectivity index (χ1) is 16.4. The third kappa shape index (κ3) is 7.04. The zero-order chi connectivity index (χ0) is 25.8. The molecule has 0 radical (unpaired) electrons. The molecular weight excluding hydrogens is 485 g/mol. The molecule has 35 heavy (non-hydrogen) atoms. The van der Waals surface area contributed by atoms with Crippen LogP contribution in [0.25, 0.3) is 0 Å². The molecule has 0 aliphatic carbocycles. The Morgan fingerprint density at radius 2 is 2.03 bits per heavy atom. The number of rotatable bonds is 10. The van der Waals surface area contributed by atoms with Crippen molar-refractivity contribution < 1.29 is 27.6 Å². The van der Waals surface area contributed by atoms with Crippen molar-refractivity contribution in [2.24, 2.45) is 0 Å². The Kier molecular flexibility index (Phi) is 8.21. The van der Waals surface area contributed by atoms with Gasteiger partial charge in [-0.3, -0.25) is 14.9 Å². The number of aromatic nitrogens is 2. The molecule has 1 aromatic heterocycles. The zero-order valence-corrected chi connectivity index (χ0v) is 20.9. The van der Waals surface area contributed by atoms with E-state index in [1.165, 1.54) is 23.1 Å². The molecule has 3 rings (SSSR count). The standard InChI is InChI=1S/C22H29F3N4O5Si/c1-35(2,3)11-10-33-15-28-21(30)20(22(23,24)25)19(13-26-28)27-9-5-7-17(27)14-34-18-8-4-6-16(12-18)29(31)32/h4,6,8,12-13,17H,5,7,9-11,14-15H2,1-3H3/t17-/m0/s1. The van der Waals surface area contributed by atoms with Crippen molar-refractivity contribution in [1.29, 1.82) is 0 Å². The van der Waals surface area contributed by atoms with Crippen LogP contribution in [0.1, 0.15) is 18.4 Å². The molecule has 1 atom stereocenters. The molecule has 1 aromatic carbocycles. The van der Waals surface area contributed by atoms with Gasteiger partial charge in [-0.2, -0.15) is 18.3 Å². The van der Waals surface area contributed by atoms with E-state index in [2.05, 4.69) is 24.7 Å². The highest BCUT2D eigenvalue weighted by atomic mass is 28.3. The van der Waals surface area contributed by atoms with Crippen molar-refractivity contribution in [3.63, 3.8) is 0 Å². The van der Waals surface area contributed by atoms with Crippen LogP contribution >= 0.6 is 0 Å². The largest absolute Gasteiger partial charge is 0.491 e. The summed E-state index contributed by atoms with van der Waals surface area (Å²) < 4.78 is 53.7. The summed E-state index contributed by atoms with van der Waals surface area (Å²) >= 11 is 0. The number of benzene rings is 1. The Bertz CT molecular complexity index is 1100. The number of nitro groups is 1. The Morgan fingerprint density at radius 1 is 1.29 bits per heavy atom. The fourth-order valence-electron chi connectivity index (χ4n) is 3.79. The number of hydrogen-bond donors (Lipinski definition) is 0. The maximum atomic E-state index is 14.0. The molecule has 0 spiro atoms. The monoisotopic (exact) mass is 514 g/mol. The smallest absolute Gasteiger partial charge is 0.423 e. The molecule has 1 aliphatic heterocycles. The van der Waals surface area contributed by atoms with E-state index in [1.54, 1.807) is 6.07 Å². The number of non-ortho nitro benzene ring substituents is 1. The van der Waals surface area contributed by atoms with E-state index in [9.17, 15) is 28.1 Å². The second-order valence-corrected chi connectivity index (χ2v) is 15.2. The highest BCUT2D eigenvalue weighted by molar-refractivity contribution is 6.76. The Labute approximate surface area is 201 Å². The summed E-state index contributed by atoms with van der Waals surface area (Å²) in [5.41, 5.74) is -2.99. The molecule has 9 nitrogen and oxygen atoms in total. The minimum atomic E-state index is -4.89. The fraction of sp³-hybridized carbons (Fsp3) is 0.545. The molecular formula is C22H29F3N4O5Si. The minimum absolute atomic E-state index is 0.00134. The van der Waals surface area contributed by atoms with Gasteiger partial charge < -0.3 is 14.4 Å². The first kappa shape index (κ1) is 26.7. The molecule has 1 saturated heterocycles. The predicted octanol–water partition coefficient (Wildman–Crippen LogP) is 4.53. The SMILES string of the molecule is C[Si](C)(C)CCOCn1ncc(N2CCC[C@H]2COc2cccc([N+](=O)[O-])c2)c(C(F)(F)F)c1=O. The number of hydrogen-bond acceptors (Lipinski definition) is 7. The van der Waals surface area contributed by atoms with E-state index in [4.69, 9.17) is 9.47 Å². The van der Waals surface area contributed by atoms with Crippen LogP contribution in [0.3, 0.4) is 0 Å². The van der Waals surface area contributed by atoms with Crippen LogP contribution in [0, 0.1) is 10.1 Å². The summed E-state index contributed by atoms with van der Waals surface area (Å²) in [6.45, 7) is 6.72. The van der Waals surface area contributed by atoms with E-state index in [0.717, 1.165) is 12.2 Å². The first-order valence-electron chi connectivity index (χ1n) is 11.3. The topological polar surface area (TPSA) is 99.7 Å². The van der Waals surface area contributed by atoms with Crippen LogP contribution in [0.4, 0.5) is 24.5 Å². The molecule has 1 aliphatic rings. The second-order valence-electron chi connectivity index (χ2n) is 9.61. The molecule has 1 fully saturated rings. The van der Waals surface area contributed by atoms with Gasteiger partial charge in [0.05, 0.1) is 28.9 Å². The summed E-state index contributed by atoms with van der Waals surface area (Å²) in [7, 11) is -1.39. The molecule has 0 N–H and O–H groups in total. The van der Waals surface area contributed by atoms with Crippen LogP contribution < -0.4 is 15.2 Å². The minimum Gasteiger partial charge on any atom is -0.491 e. The van der Waals surface area contributed by atoms with Crippen LogP contribution in [0.5, 0.6) is 5.75 Å². The molecule has 13 heteroatoms. The molecule has 2 heterocycles. The maximum Gasteiger partial charge on any atom is 0.423 e. The number of alkyl halides is 3. The van der Waals surface area contributed by atoms with E-state index in [-0.39, 0.29) is 30.5 Å². The maximum absolute atomic E-state index is 14.0. The third-order valence-corrected chi connectivity index (χ3v) is 7.38. The lowest BCUT2D eigenvalue weighted by atomic mass is 10.2. The van der Waals surface area contributed by atoms with Gasteiger partial charge in [0, 0.05) is 27.3 Å². The van der Waals surface area contributed by atoms with Crippen LogP contribution in [-0.2, 0) is 17.6 Å². The van der Waals surface area contributed by atoms with Gasteiger partial charge in [-0.1, -0.05) is 25.7 Å². The Morgan fingerprint density at radius 3 is 2.69 bits per heavy atom. The van der Waals surface area contributed by atoms with Gasteiger partial charge in [0.15, 0.2) is 0 Å². The Hall–Kier alpha value is -2.93. The molecule has 2 aromatic rings. The van der Waals surface area contributed by atoms with E-state index in [1.807, 2.05) is 0 Å². The van der Waals surface area contributed by atoms with Crippen LogP contribution in [0.15, 0.2) is 35.3 Å². The summed E-state index contributed by atoms with van der Waals surface area (Å²) in [6.07, 6.45) is -2.69.